The molecule has 1 aromatic rings. The summed E-state index contributed by atoms with van der Waals surface area (Å²) in [7, 11) is -4.37. The van der Waals surface area contributed by atoms with Crippen LogP contribution in [0, 0.1) is 5.82 Å². The minimum atomic E-state index is -4.37. The van der Waals surface area contributed by atoms with Gasteiger partial charge >= 0.3 is 7.60 Å². The third-order valence-electron chi connectivity index (χ3n) is 1.68. The third-order valence-corrected chi connectivity index (χ3v) is 2.80. The van der Waals surface area contributed by atoms with E-state index >= 15 is 0 Å². The minimum absolute atomic E-state index is 0.238. The second kappa shape index (κ2) is 4.16. The van der Waals surface area contributed by atoms with Crippen LogP contribution in [0.25, 0.3) is 0 Å². The zero-order valence-corrected chi connectivity index (χ0v) is 7.99. The number of nitrogens with one attached hydrogen (secondary N) is 1. The Morgan fingerprint density at radius 1 is 1.36 bits per heavy atom. The molecule has 5 N–H and O–H groups in total. The Morgan fingerprint density at radius 3 is 2.21 bits per heavy atom. The van der Waals surface area contributed by atoms with E-state index < -0.39 is 19.2 Å². The predicted molar refractivity (Wildman–Crippen MR) is 48.5 cm³/mol. The lowest BCUT2D eigenvalue weighted by atomic mass is 10.2. The molecule has 1 unspecified atom stereocenters. The Bertz CT molecular complexity index is 350. The van der Waals surface area contributed by atoms with Gasteiger partial charge in [0.05, 0.1) is 0 Å². The molecule has 0 amide bonds. The van der Waals surface area contributed by atoms with Crippen LogP contribution >= 0.6 is 7.60 Å². The lowest BCUT2D eigenvalue weighted by Gasteiger charge is -2.17. The topological polar surface area (TPSA) is 95.6 Å². The molecule has 0 spiro atoms. The van der Waals surface area contributed by atoms with Crippen LogP contribution in [0.3, 0.4) is 0 Å². The average molecular weight is 220 g/mol. The second-order valence-electron chi connectivity index (χ2n) is 2.71. The molecule has 0 radical (unpaired) electrons. The number of hydrogen-bond donors (Lipinski definition) is 4. The number of halogens is 1. The van der Waals surface area contributed by atoms with Crippen LogP contribution < -0.4 is 11.3 Å². The van der Waals surface area contributed by atoms with Gasteiger partial charge in [0, 0.05) is 0 Å². The van der Waals surface area contributed by atoms with Crippen molar-refractivity contribution in [3.05, 3.63) is 35.6 Å². The van der Waals surface area contributed by atoms with E-state index in [0.717, 1.165) is 12.1 Å². The molecule has 0 bridgehead atoms. The fraction of sp³-hybridized carbons (Fsp3) is 0.143. The summed E-state index contributed by atoms with van der Waals surface area (Å²) in [5, 5.41) is 0. The van der Waals surface area contributed by atoms with Gasteiger partial charge in [-0.1, -0.05) is 12.1 Å². The highest BCUT2D eigenvalue weighted by atomic mass is 31.2. The maximum absolute atomic E-state index is 12.5. The lowest BCUT2D eigenvalue weighted by Crippen LogP contribution is -2.27. The highest BCUT2D eigenvalue weighted by Gasteiger charge is 2.28. The first-order valence-corrected chi connectivity index (χ1v) is 5.40. The number of nitrogens with two attached hydrogens (primary N) is 1. The zero-order valence-electron chi connectivity index (χ0n) is 7.09. The van der Waals surface area contributed by atoms with Gasteiger partial charge in [-0.25, -0.2) is 9.82 Å². The molecule has 0 fully saturated rings. The maximum atomic E-state index is 12.5. The average Bonchev–Trinajstić information content (AvgIpc) is 2.07. The predicted octanol–water partition coefficient (Wildman–Crippen LogP) is 0.465. The monoisotopic (exact) mass is 220 g/mol. The van der Waals surface area contributed by atoms with Crippen molar-refractivity contribution in [2.24, 2.45) is 5.84 Å². The van der Waals surface area contributed by atoms with E-state index in [2.05, 4.69) is 0 Å². The highest BCUT2D eigenvalue weighted by molar-refractivity contribution is 7.52. The van der Waals surface area contributed by atoms with Gasteiger partial charge in [0.2, 0.25) is 0 Å². The molecule has 7 heteroatoms. The SMILES string of the molecule is NNC(c1ccc(F)cc1)P(=O)(O)O. The molecular weight excluding hydrogens is 210 g/mol. The van der Waals surface area contributed by atoms with Crippen LogP contribution in [0.5, 0.6) is 0 Å². The molecule has 0 saturated heterocycles. The molecule has 78 valence electrons. The van der Waals surface area contributed by atoms with Gasteiger partial charge in [0.1, 0.15) is 11.6 Å². The molecule has 1 rings (SSSR count). The number of hydrazine groups is 1. The van der Waals surface area contributed by atoms with Gasteiger partial charge in [0.25, 0.3) is 0 Å². The van der Waals surface area contributed by atoms with Gasteiger partial charge < -0.3 is 9.79 Å². The van der Waals surface area contributed by atoms with Gasteiger partial charge in [-0.3, -0.25) is 10.4 Å². The first kappa shape index (κ1) is 11.3. The van der Waals surface area contributed by atoms with Crippen LogP contribution in [0.1, 0.15) is 11.3 Å². The zero-order chi connectivity index (χ0) is 10.8. The van der Waals surface area contributed by atoms with E-state index in [1.165, 1.54) is 12.1 Å². The normalized spacial score (nSPS) is 14.0. The fourth-order valence-electron chi connectivity index (χ4n) is 1.03. The molecular formula is C7H10FN2O3P. The van der Waals surface area contributed by atoms with Gasteiger partial charge in [-0.05, 0) is 17.7 Å². The van der Waals surface area contributed by atoms with Crippen LogP contribution in [0.4, 0.5) is 4.39 Å². The number of hydrogen-bond acceptors (Lipinski definition) is 3. The summed E-state index contributed by atoms with van der Waals surface area (Å²) >= 11 is 0. The Balaban J connectivity index is 3.02. The van der Waals surface area contributed by atoms with Crippen molar-refractivity contribution in [1.29, 1.82) is 0 Å². The summed E-state index contributed by atoms with van der Waals surface area (Å²) in [5.41, 5.74) is 2.23. The van der Waals surface area contributed by atoms with Crippen molar-refractivity contribution < 1.29 is 18.7 Å². The molecule has 0 aliphatic rings. The number of rotatable bonds is 3. The van der Waals surface area contributed by atoms with E-state index in [-0.39, 0.29) is 5.56 Å². The molecule has 1 atom stereocenters. The first-order chi connectivity index (χ1) is 6.45. The van der Waals surface area contributed by atoms with Crippen molar-refractivity contribution >= 4 is 7.60 Å². The molecule has 1 aromatic carbocycles. The Kier molecular flexibility index (Phi) is 3.36. The quantitative estimate of drug-likeness (QED) is 0.337. The summed E-state index contributed by atoms with van der Waals surface area (Å²) < 4.78 is 23.4. The van der Waals surface area contributed by atoms with E-state index in [1.807, 2.05) is 5.43 Å². The van der Waals surface area contributed by atoms with Gasteiger partial charge in [-0.2, -0.15) is 0 Å². The highest BCUT2D eigenvalue weighted by Crippen LogP contribution is 2.49. The Morgan fingerprint density at radius 2 is 1.86 bits per heavy atom. The van der Waals surface area contributed by atoms with Crippen molar-refractivity contribution in [3.63, 3.8) is 0 Å². The summed E-state index contributed by atoms with van der Waals surface area (Å²) in [6.45, 7) is 0. The molecule has 0 saturated carbocycles. The van der Waals surface area contributed by atoms with E-state index in [4.69, 9.17) is 15.6 Å². The smallest absolute Gasteiger partial charge is 0.323 e. The molecule has 0 aliphatic carbocycles. The van der Waals surface area contributed by atoms with Crippen LogP contribution in [0.2, 0.25) is 0 Å². The summed E-state index contributed by atoms with van der Waals surface area (Å²) in [6, 6.07) is 4.74. The molecule has 14 heavy (non-hydrogen) atoms. The van der Waals surface area contributed by atoms with Crippen molar-refractivity contribution in [1.82, 2.24) is 5.43 Å². The lowest BCUT2D eigenvalue weighted by molar-refractivity contribution is 0.348. The second-order valence-corrected chi connectivity index (χ2v) is 4.40. The van der Waals surface area contributed by atoms with E-state index in [1.54, 1.807) is 0 Å². The molecule has 5 nitrogen and oxygen atoms in total. The van der Waals surface area contributed by atoms with E-state index in [9.17, 15) is 8.96 Å². The van der Waals surface area contributed by atoms with Crippen LogP contribution in [-0.2, 0) is 4.57 Å². The van der Waals surface area contributed by atoms with Gasteiger partial charge in [0.15, 0.2) is 0 Å². The molecule has 0 heterocycles. The number of benzene rings is 1. The van der Waals surface area contributed by atoms with E-state index in [0.29, 0.717) is 0 Å². The third kappa shape index (κ3) is 2.60. The summed E-state index contributed by atoms with van der Waals surface area (Å²) in [5.74, 6) is 3.21. The van der Waals surface area contributed by atoms with Crippen molar-refractivity contribution in [3.8, 4) is 0 Å². The standard InChI is InChI=1S/C7H10FN2O3P/c8-6-3-1-5(2-4-6)7(10-9)14(11,12)13/h1-4,7,10H,9H2,(H2,11,12,13). The fourth-order valence-corrected chi connectivity index (χ4v) is 1.79. The van der Waals surface area contributed by atoms with Crippen LogP contribution in [0.15, 0.2) is 24.3 Å². The van der Waals surface area contributed by atoms with Gasteiger partial charge in [-0.15, -0.1) is 0 Å². The molecule has 0 aliphatic heterocycles. The summed E-state index contributed by atoms with van der Waals surface area (Å²) in [4.78, 5) is 17.8. The molecule has 0 aromatic heterocycles. The largest absolute Gasteiger partial charge is 0.348 e. The van der Waals surface area contributed by atoms with Crippen molar-refractivity contribution in [2.75, 3.05) is 0 Å². The first-order valence-electron chi connectivity index (χ1n) is 3.72. The maximum Gasteiger partial charge on any atom is 0.348 e. The summed E-state index contributed by atoms with van der Waals surface area (Å²) in [6.07, 6.45) is 0. The van der Waals surface area contributed by atoms with Crippen molar-refractivity contribution in [2.45, 2.75) is 5.78 Å². The van der Waals surface area contributed by atoms with Crippen LogP contribution in [-0.4, -0.2) is 9.79 Å². The Hall–Kier alpha value is -0.780. The minimum Gasteiger partial charge on any atom is -0.323 e. The Labute approximate surface area is 79.9 Å².